The van der Waals surface area contributed by atoms with E-state index in [9.17, 15) is 9.82 Å². The quantitative estimate of drug-likeness (QED) is 0.754. The highest BCUT2D eigenvalue weighted by Crippen LogP contribution is 2.33. The maximum absolute atomic E-state index is 11.0. The number of fused-ring (bicyclic) bond motifs is 1. The van der Waals surface area contributed by atoms with Gasteiger partial charge in [0.05, 0.1) is 10.7 Å². The van der Waals surface area contributed by atoms with E-state index < -0.39 is 13.1 Å². The second kappa shape index (κ2) is 4.39. The zero-order chi connectivity index (χ0) is 11.7. The van der Waals surface area contributed by atoms with Gasteiger partial charge in [-0.25, -0.2) is 4.79 Å². The van der Waals surface area contributed by atoms with Crippen LogP contribution in [0.2, 0.25) is 0 Å². The highest BCUT2D eigenvalue weighted by molar-refractivity contribution is 8.00. The first-order valence-corrected chi connectivity index (χ1v) is 6.15. The predicted molar refractivity (Wildman–Crippen MR) is 63.0 cm³/mol. The lowest BCUT2D eigenvalue weighted by molar-refractivity contribution is 0.0694. The van der Waals surface area contributed by atoms with Crippen LogP contribution in [-0.2, 0) is 6.42 Å². The van der Waals surface area contributed by atoms with Gasteiger partial charge < -0.3 is 14.8 Å². The van der Waals surface area contributed by atoms with Gasteiger partial charge in [0.15, 0.2) is 0 Å². The number of thioether (sulfide) groups is 1. The summed E-state index contributed by atoms with van der Waals surface area (Å²) in [6, 6.07) is 5.00. The summed E-state index contributed by atoms with van der Waals surface area (Å²) in [4.78, 5) is 11.0. The van der Waals surface area contributed by atoms with Gasteiger partial charge in [-0.1, -0.05) is 12.1 Å². The number of carbonyl (C=O) groups is 1. The van der Waals surface area contributed by atoms with Gasteiger partial charge in [0.25, 0.3) is 0 Å². The van der Waals surface area contributed by atoms with Crippen LogP contribution in [0.1, 0.15) is 15.9 Å². The van der Waals surface area contributed by atoms with Crippen molar-refractivity contribution in [2.45, 2.75) is 11.6 Å². The molecule has 2 rings (SSSR count). The Hall–Kier alpha value is -1.14. The van der Waals surface area contributed by atoms with Crippen LogP contribution in [-0.4, -0.2) is 34.6 Å². The van der Waals surface area contributed by atoms with Crippen LogP contribution in [0.5, 0.6) is 5.75 Å². The molecule has 0 saturated heterocycles. The number of hydrogen-bond donors (Lipinski definition) is 2. The summed E-state index contributed by atoms with van der Waals surface area (Å²) in [5.41, 5.74) is 0.945. The van der Waals surface area contributed by atoms with Crippen molar-refractivity contribution in [3.8, 4) is 5.75 Å². The first kappa shape index (κ1) is 11.4. The molecule has 1 atom stereocenters. The van der Waals surface area contributed by atoms with E-state index in [1.54, 1.807) is 6.07 Å². The zero-order valence-electron chi connectivity index (χ0n) is 8.71. The van der Waals surface area contributed by atoms with Crippen molar-refractivity contribution < 1.29 is 19.6 Å². The van der Waals surface area contributed by atoms with Crippen LogP contribution in [0.3, 0.4) is 0 Å². The monoisotopic (exact) mass is 238 g/mol. The lowest BCUT2D eigenvalue weighted by Gasteiger charge is -2.27. The van der Waals surface area contributed by atoms with Crippen molar-refractivity contribution >= 4 is 24.8 Å². The average Bonchev–Trinajstić information content (AvgIpc) is 2.27. The Morgan fingerprint density at radius 2 is 2.38 bits per heavy atom. The molecular weight excluding hydrogens is 227 g/mol. The highest BCUT2D eigenvalue weighted by Gasteiger charge is 2.35. The van der Waals surface area contributed by atoms with Crippen molar-refractivity contribution in [3.63, 3.8) is 0 Å². The summed E-state index contributed by atoms with van der Waals surface area (Å²) >= 11 is 1.51. The van der Waals surface area contributed by atoms with Gasteiger partial charge in [0, 0.05) is 0 Å². The van der Waals surface area contributed by atoms with E-state index in [-0.39, 0.29) is 10.7 Å². The molecule has 1 aliphatic heterocycles. The van der Waals surface area contributed by atoms with E-state index in [1.165, 1.54) is 17.8 Å². The van der Waals surface area contributed by atoms with Crippen molar-refractivity contribution in [2.75, 3.05) is 6.26 Å². The van der Waals surface area contributed by atoms with Crippen LogP contribution in [0.15, 0.2) is 18.2 Å². The third-order valence-corrected chi connectivity index (χ3v) is 3.61. The molecule has 0 bridgehead atoms. The third kappa shape index (κ3) is 1.90. The molecule has 4 nitrogen and oxygen atoms in total. The topological polar surface area (TPSA) is 66.8 Å². The molecule has 0 unspecified atom stereocenters. The van der Waals surface area contributed by atoms with Crippen LogP contribution in [0, 0.1) is 0 Å². The van der Waals surface area contributed by atoms with Gasteiger partial charge in [-0.2, -0.15) is 11.8 Å². The lowest BCUT2D eigenvalue weighted by atomic mass is 9.77. The lowest BCUT2D eigenvalue weighted by Crippen LogP contribution is -2.40. The molecular formula is C10H11BO4S. The second-order valence-electron chi connectivity index (χ2n) is 3.59. The minimum Gasteiger partial charge on any atom is -0.535 e. The molecule has 1 aromatic carbocycles. The Labute approximate surface area is 97.8 Å². The largest absolute Gasteiger partial charge is 0.536 e. The van der Waals surface area contributed by atoms with E-state index >= 15 is 0 Å². The standard InChI is InChI=1S/C10H11BO4S/c1-16-8-5-6-3-2-4-7(10(12)13)9(6)15-11(8)14/h2-4,8,14H,5H2,1H3,(H,12,13)/t8-/m0/s1. The molecule has 0 aromatic heterocycles. The highest BCUT2D eigenvalue weighted by atomic mass is 32.2. The Morgan fingerprint density at radius 3 is 3.00 bits per heavy atom. The molecule has 6 heteroatoms. The molecule has 0 aliphatic carbocycles. The molecule has 0 spiro atoms. The fourth-order valence-corrected chi connectivity index (χ4v) is 2.40. The molecule has 1 aromatic rings. The minimum absolute atomic E-state index is 0.0449. The third-order valence-electron chi connectivity index (χ3n) is 2.61. The molecule has 0 amide bonds. The summed E-state index contributed by atoms with van der Waals surface area (Å²) in [6.45, 7) is 0. The Balaban J connectivity index is 2.42. The maximum atomic E-state index is 11.0. The van der Waals surface area contributed by atoms with Gasteiger partial charge in [-0.3, -0.25) is 0 Å². The number of carboxylic acids is 1. The number of para-hydroxylation sites is 1. The first-order chi connectivity index (χ1) is 7.63. The molecule has 16 heavy (non-hydrogen) atoms. The van der Waals surface area contributed by atoms with Crippen molar-refractivity contribution in [1.29, 1.82) is 0 Å². The number of aromatic carboxylic acids is 1. The van der Waals surface area contributed by atoms with Gasteiger partial charge in [-0.15, -0.1) is 0 Å². The molecule has 1 heterocycles. The Bertz CT molecular complexity index is 423. The Morgan fingerprint density at radius 1 is 1.62 bits per heavy atom. The maximum Gasteiger partial charge on any atom is 0.536 e. The summed E-state index contributed by atoms with van der Waals surface area (Å²) in [5.74, 6) is -0.737. The Kier molecular flexibility index (Phi) is 3.11. The van der Waals surface area contributed by atoms with Crippen molar-refractivity contribution in [1.82, 2.24) is 0 Å². The summed E-state index contributed by atoms with van der Waals surface area (Å²) in [7, 11) is -0.942. The van der Waals surface area contributed by atoms with Crippen LogP contribution in [0.25, 0.3) is 0 Å². The van der Waals surface area contributed by atoms with E-state index in [2.05, 4.69) is 0 Å². The minimum atomic E-state index is -1.04. The molecule has 2 N–H and O–H groups in total. The van der Waals surface area contributed by atoms with Gasteiger partial charge in [0.2, 0.25) is 0 Å². The molecule has 0 radical (unpaired) electrons. The summed E-state index contributed by atoms with van der Waals surface area (Å²) < 4.78 is 5.28. The fraction of sp³-hybridized carbons (Fsp3) is 0.300. The molecule has 1 aliphatic rings. The van der Waals surface area contributed by atoms with E-state index in [0.29, 0.717) is 12.2 Å². The molecule has 0 saturated carbocycles. The average molecular weight is 238 g/mol. The molecule has 84 valence electrons. The SMILES string of the molecule is CS[C@H]1Cc2cccc(C(=O)O)c2OB1O. The van der Waals surface area contributed by atoms with Crippen molar-refractivity contribution in [2.24, 2.45) is 0 Å². The number of rotatable bonds is 2. The van der Waals surface area contributed by atoms with Crippen molar-refractivity contribution in [3.05, 3.63) is 29.3 Å². The van der Waals surface area contributed by atoms with Crippen LogP contribution < -0.4 is 4.65 Å². The van der Waals surface area contributed by atoms with E-state index in [1.807, 2.05) is 12.3 Å². The van der Waals surface area contributed by atoms with Gasteiger partial charge >= 0.3 is 13.1 Å². The molecule has 0 fully saturated rings. The number of hydrogen-bond acceptors (Lipinski definition) is 4. The summed E-state index contributed by atoms with van der Waals surface area (Å²) in [5, 5.41) is 18.6. The number of carboxylic acid groups (broad SMARTS) is 1. The van der Waals surface area contributed by atoms with Crippen LogP contribution in [0.4, 0.5) is 0 Å². The predicted octanol–water partition coefficient (Wildman–Crippen LogP) is 1.07. The van der Waals surface area contributed by atoms with Crippen LogP contribution >= 0.6 is 11.8 Å². The van der Waals surface area contributed by atoms with E-state index in [4.69, 9.17) is 9.76 Å². The first-order valence-electron chi connectivity index (χ1n) is 4.86. The number of benzene rings is 1. The normalized spacial score (nSPS) is 18.9. The fourth-order valence-electron chi connectivity index (χ4n) is 1.77. The second-order valence-corrected chi connectivity index (χ2v) is 4.66. The summed E-state index contributed by atoms with van der Waals surface area (Å²) in [6.07, 6.45) is 2.52. The van der Waals surface area contributed by atoms with Gasteiger partial charge in [0.1, 0.15) is 5.75 Å². The van der Waals surface area contributed by atoms with Gasteiger partial charge in [-0.05, 0) is 24.3 Å². The zero-order valence-corrected chi connectivity index (χ0v) is 9.53. The van der Waals surface area contributed by atoms with E-state index in [0.717, 1.165) is 5.56 Å². The smallest absolute Gasteiger partial charge is 0.535 e.